The Kier molecular flexibility index (Phi) is 6.81. The van der Waals surface area contributed by atoms with Crippen LogP contribution in [0.4, 0.5) is 0 Å². The molecule has 0 aromatic carbocycles. The second kappa shape index (κ2) is 9.72. The second-order valence-electron chi connectivity index (χ2n) is 7.56. The molecule has 162 valence electrons. The van der Waals surface area contributed by atoms with Crippen molar-refractivity contribution in [3.8, 4) is 5.75 Å². The summed E-state index contributed by atoms with van der Waals surface area (Å²) >= 11 is 1.62. The van der Waals surface area contributed by atoms with E-state index >= 15 is 0 Å². The van der Waals surface area contributed by atoms with Crippen LogP contribution in [0.2, 0.25) is 0 Å². The van der Waals surface area contributed by atoms with E-state index in [0.717, 1.165) is 44.0 Å². The molecule has 0 saturated carbocycles. The predicted molar refractivity (Wildman–Crippen MR) is 112 cm³/mol. The van der Waals surface area contributed by atoms with Gasteiger partial charge in [-0.2, -0.15) is 0 Å². The lowest BCUT2D eigenvalue weighted by Crippen LogP contribution is -2.30. The van der Waals surface area contributed by atoms with Gasteiger partial charge in [0.1, 0.15) is 22.9 Å². The minimum atomic E-state index is -0.480. The van der Waals surface area contributed by atoms with Crippen LogP contribution < -0.4 is 10.3 Å². The Morgan fingerprint density at radius 1 is 1.33 bits per heavy atom. The van der Waals surface area contributed by atoms with Crippen LogP contribution >= 0.6 is 11.3 Å². The lowest BCUT2D eigenvalue weighted by atomic mass is 10.1. The summed E-state index contributed by atoms with van der Waals surface area (Å²) in [6.07, 6.45) is 5.42. The van der Waals surface area contributed by atoms with E-state index in [-0.39, 0.29) is 11.7 Å². The molecule has 0 bridgehead atoms. The number of hydrogen-bond acceptors (Lipinski definition) is 8. The highest BCUT2D eigenvalue weighted by Crippen LogP contribution is 2.25. The smallest absolute Gasteiger partial charge is 0.343 e. The number of thiazole rings is 1. The highest BCUT2D eigenvalue weighted by atomic mass is 32.1. The van der Waals surface area contributed by atoms with Gasteiger partial charge in [-0.15, -0.1) is 11.3 Å². The molecule has 1 fully saturated rings. The van der Waals surface area contributed by atoms with Crippen molar-refractivity contribution in [2.75, 3.05) is 33.4 Å². The highest BCUT2D eigenvalue weighted by Gasteiger charge is 2.27. The minimum absolute atomic E-state index is 0.0143. The molecule has 4 heterocycles. The number of ether oxygens (including phenoxy) is 3. The summed E-state index contributed by atoms with van der Waals surface area (Å²) in [7, 11) is 1.35. The van der Waals surface area contributed by atoms with Crippen molar-refractivity contribution >= 4 is 17.3 Å². The van der Waals surface area contributed by atoms with Gasteiger partial charge in [-0.3, -0.25) is 9.69 Å². The van der Waals surface area contributed by atoms with Crippen LogP contribution in [-0.4, -0.2) is 59.9 Å². The second-order valence-corrected chi connectivity index (χ2v) is 8.54. The fourth-order valence-electron chi connectivity index (χ4n) is 4.03. The number of nitrogens with zero attached hydrogens (tertiary/aromatic N) is 3. The Labute approximate surface area is 179 Å². The Balaban J connectivity index is 1.58. The molecule has 30 heavy (non-hydrogen) atoms. The third kappa shape index (κ3) is 4.74. The standard InChI is InChI=1S/C21H27N3O5S/c1-27-21(26)20-16-5-7-23(13-18-22-6-11-30-18)8-9-24(16)19(25)12-17(20)29-14-15-4-2-3-10-28-15/h6,11-12,15H,2-5,7-10,13-14H2,1H3. The van der Waals surface area contributed by atoms with E-state index in [1.807, 2.05) is 5.38 Å². The molecule has 2 aliphatic rings. The van der Waals surface area contributed by atoms with Gasteiger partial charge in [0.2, 0.25) is 0 Å². The number of hydrogen-bond donors (Lipinski definition) is 0. The first kappa shape index (κ1) is 21.0. The molecular weight excluding hydrogens is 406 g/mol. The fraction of sp³-hybridized carbons (Fsp3) is 0.571. The fourth-order valence-corrected chi connectivity index (χ4v) is 4.69. The third-order valence-electron chi connectivity index (χ3n) is 5.62. The van der Waals surface area contributed by atoms with Crippen molar-refractivity contribution in [1.82, 2.24) is 14.5 Å². The van der Waals surface area contributed by atoms with Gasteiger partial charge in [-0.1, -0.05) is 0 Å². The van der Waals surface area contributed by atoms with Gasteiger partial charge < -0.3 is 18.8 Å². The summed E-state index contributed by atoms with van der Waals surface area (Å²) in [5, 5.41) is 3.00. The van der Waals surface area contributed by atoms with Crippen LogP contribution in [0, 0.1) is 0 Å². The van der Waals surface area contributed by atoms with Crippen LogP contribution in [0.1, 0.15) is 40.3 Å². The Morgan fingerprint density at radius 3 is 2.97 bits per heavy atom. The highest BCUT2D eigenvalue weighted by molar-refractivity contribution is 7.09. The van der Waals surface area contributed by atoms with E-state index in [1.54, 1.807) is 22.1 Å². The van der Waals surface area contributed by atoms with Crippen molar-refractivity contribution in [1.29, 1.82) is 0 Å². The minimum Gasteiger partial charge on any atom is -0.490 e. The lowest BCUT2D eigenvalue weighted by molar-refractivity contribution is -0.0114. The molecule has 0 radical (unpaired) electrons. The Morgan fingerprint density at radius 2 is 2.23 bits per heavy atom. The summed E-state index contributed by atoms with van der Waals surface area (Å²) in [5.41, 5.74) is 0.868. The Hall–Kier alpha value is -2.23. The van der Waals surface area contributed by atoms with Gasteiger partial charge in [-0.25, -0.2) is 9.78 Å². The number of carbonyl (C=O) groups excluding carboxylic acids is 1. The molecule has 2 aromatic heterocycles. The summed E-state index contributed by atoms with van der Waals surface area (Å²) in [5.74, 6) is -0.188. The number of carbonyl (C=O) groups is 1. The molecule has 2 aromatic rings. The van der Waals surface area contributed by atoms with Gasteiger partial charge in [0.05, 0.1) is 19.8 Å². The normalized spacial score (nSPS) is 19.7. The zero-order chi connectivity index (χ0) is 20.9. The monoisotopic (exact) mass is 433 g/mol. The number of aromatic nitrogens is 2. The maximum absolute atomic E-state index is 12.8. The van der Waals surface area contributed by atoms with Gasteiger partial charge in [0.25, 0.3) is 5.56 Å². The number of rotatable bonds is 6. The van der Waals surface area contributed by atoms with Gasteiger partial charge in [0.15, 0.2) is 0 Å². The lowest BCUT2D eigenvalue weighted by Gasteiger charge is -2.24. The number of methoxy groups -OCH3 is 1. The van der Waals surface area contributed by atoms with Crippen molar-refractivity contribution < 1.29 is 19.0 Å². The first-order chi connectivity index (χ1) is 14.7. The van der Waals surface area contributed by atoms with E-state index in [1.165, 1.54) is 13.2 Å². The first-order valence-electron chi connectivity index (χ1n) is 10.4. The van der Waals surface area contributed by atoms with Crippen molar-refractivity contribution in [3.05, 3.63) is 44.3 Å². The molecule has 0 spiro atoms. The molecule has 8 nitrogen and oxygen atoms in total. The number of pyridine rings is 1. The topological polar surface area (TPSA) is 82.9 Å². The van der Waals surface area contributed by atoms with E-state index in [9.17, 15) is 9.59 Å². The van der Waals surface area contributed by atoms with Crippen molar-refractivity contribution in [3.63, 3.8) is 0 Å². The van der Waals surface area contributed by atoms with Crippen LogP contribution in [0.15, 0.2) is 22.4 Å². The molecule has 0 aliphatic carbocycles. The summed E-state index contributed by atoms with van der Waals surface area (Å²) in [6.45, 7) is 3.72. The summed E-state index contributed by atoms with van der Waals surface area (Å²) in [6, 6.07) is 1.41. The number of esters is 1. The quantitative estimate of drug-likeness (QED) is 0.645. The van der Waals surface area contributed by atoms with Crippen LogP contribution in [0.3, 0.4) is 0 Å². The molecule has 4 rings (SSSR count). The third-order valence-corrected chi connectivity index (χ3v) is 6.38. The summed E-state index contributed by atoms with van der Waals surface area (Å²) in [4.78, 5) is 32.1. The average Bonchev–Trinajstić information content (AvgIpc) is 3.19. The van der Waals surface area contributed by atoms with Gasteiger partial charge in [0, 0.05) is 56.0 Å². The number of fused-ring (bicyclic) bond motifs is 1. The molecule has 0 amide bonds. The summed E-state index contributed by atoms with van der Waals surface area (Å²) < 4.78 is 18.4. The van der Waals surface area contributed by atoms with E-state index in [4.69, 9.17) is 14.2 Å². The molecule has 0 N–H and O–H groups in total. The largest absolute Gasteiger partial charge is 0.490 e. The van der Waals surface area contributed by atoms with Crippen LogP contribution in [0.25, 0.3) is 0 Å². The molecule has 1 saturated heterocycles. The van der Waals surface area contributed by atoms with Crippen molar-refractivity contribution in [2.45, 2.75) is 44.9 Å². The van der Waals surface area contributed by atoms with Gasteiger partial charge in [-0.05, 0) is 19.3 Å². The van der Waals surface area contributed by atoms with Crippen LogP contribution in [-0.2, 0) is 29.0 Å². The van der Waals surface area contributed by atoms with Crippen LogP contribution in [0.5, 0.6) is 5.75 Å². The van der Waals surface area contributed by atoms with E-state index in [0.29, 0.717) is 43.1 Å². The van der Waals surface area contributed by atoms with Crippen molar-refractivity contribution in [2.24, 2.45) is 0 Å². The van der Waals surface area contributed by atoms with E-state index in [2.05, 4.69) is 9.88 Å². The van der Waals surface area contributed by atoms with E-state index < -0.39 is 5.97 Å². The molecule has 1 atom stereocenters. The molecule has 9 heteroatoms. The average molecular weight is 434 g/mol. The zero-order valence-corrected chi connectivity index (χ0v) is 18.0. The molecular formula is C21H27N3O5S. The van der Waals surface area contributed by atoms with Gasteiger partial charge >= 0.3 is 5.97 Å². The first-order valence-corrected chi connectivity index (χ1v) is 11.2. The zero-order valence-electron chi connectivity index (χ0n) is 17.2. The Bertz CT molecular complexity index is 921. The maximum atomic E-state index is 12.8. The molecule has 2 aliphatic heterocycles. The molecule has 1 unspecified atom stereocenters. The predicted octanol–water partition coefficient (Wildman–Crippen LogP) is 2.10. The SMILES string of the molecule is COC(=O)c1c(OCC2CCCCO2)cc(=O)n2c1CCN(Cc1nccs1)CC2. The maximum Gasteiger partial charge on any atom is 0.343 e.